The van der Waals surface area contributed by atoms with Gasteiger partial charge in [0.15, 0.2) is 5.96 Å². The molecule has 1 saturated carbocycles. The molecule has 1 heterocycles. The van der Waals surface area contributed by atoms with Gasteiger partial charge in [0.25, 0.3) is 0 Å². The van der Waals surface area contributed by atoms with Crippen molar-refractivity contribution in [2.45, 2.75) is 65.2 Å². The number of aliphatic imine (C=N–C) groups is 1. The standard InChI is InChI=1S/C19H34N4OS.HI/c1-3-17-23-16(14-25-17)8-12-21-18(20-4-2)22-15-19(11-13-24)9-6-5-7-10-19;/h14,24H,3-13,15H2,1-2H3,(H2,20,21,22);1H. The molecule has 0 unspecified atom stereocenters. The van der Waals surface area contributed by atoms with Crippen LogP contribution in [0.2, 0.25) is 0 Å². The number of aryl methyl sites for hydroxylation is 1. The van der Waals surface area contributed by atoms with Gasteiger partial charge in [-0.25, -0.2) is 4.98 Å². The summed E-state index contributed by atoms with van der Waals surface area (Å²) in [5, 5.41) is 19.6. The maximum Gasteiger partial charge on any atom is 0.191 e. The molecular formula is C19H35IN4OS. The minimum atomic E-state index is 0. The maximum atomic E-state index is 9.46. The van der Waals surface area contributed by atoms with Gasteiger partial charge in [-0.3, -0.25) is 4.99 Å². The summed E-state index contributed by atoms with van der Waals surface area (Å²) < 4.78 is 0. The number of hydrogen-bond donors (Lipinski definition) is 3. The van der Waals surface area contributed by atoms with E-state index >= 15 is 0 Å². The second-order valence-corrected chi connectivity index (χ2v) is 7.93. The van der Waals surface area contributed by atoms with E-state index in [1.807, 2.05) is 0 Å². The topological polar surface area (TPSA) is 69.5 Å². The van der Waals surface area contributed by atoms with Crippen molar-refractivity contribution in [2.75, 3.05) is 26.2 Å². The van der Waals surface area contributed by atoms with Crippen molar-refractivity contribution < 1.29 is 5.11 Å². The quantitative estimate of drug-likeness (QED) is 0.278. The fourth-order valence-electron chi connectivity index (χ4n) is 3.55. The Morgan fingerprint density at radius 1 is 1.27 bits per heavy atom. The summed E-state index contributed by atoms with van der Waals surface area (Å²) in [5.74, 6) is 0.885. The first-order chi connectivity index (χ1) is 12.2. The normalized spacial score (nSPS) is 16.8. The molecule has 0 saturated heterocycles. The van der Waals surface area contributed by atoms with Crippen molar-refractivity contribution in [3.8, 4) is 0 Å². The molecule has 0 radical (unpaired) electrons. The summed E-state index contributed by atoms with van der Waals surface area (Å²) in [5.41, 5.74) is 1.36. The monoisotopic (exact) mass is 494 g/mol. The van der Waals surface area contributed by atoms with E-state index < -0.39 is 0 Å². The van der Waals surface area contributed by atoms with Crippen LogP contribution in [0.1, 0.15) is 63.1 Å². The molecule has 2 rings (SSSR count). The summed E-state index contributed by atoms with van der Waals surface area (Å²) in [6, 6.07) is 0. The molecule has 1 aliphatic rings. The van der Waals surface area contributed by atoms with E-state index in [1.54, 1.807) is 11.3 Å². The van der Waals surface area contributed by atoms with Crippen LogP contribution in [0, 0.1) is 5.41 Å². The molecule has 150 valence electrons. The van der Waals surface area contributed by atoms with Gasteiger partial charge >= 0.3 is 0 Å². The van der Waals surface area contributed by atoms with E-state index in [0.29, 0.717) is 0 Å². The average Bonchev–Trinajstić information content (AvgIpc) is 3.09. The van der Waals surface area contributed by atoms with Gasteiger partial charge in [0.05, 0.1) is 10.7 Å². The summed E-state index contributed by atoms with van der Waals surface area (Å²) in [4.78, 5) is 9.46. The summed E-state index contributed by atoms with van der Waals surface area (Å²) in [6.45, 7) is 7.00. The molecule has 1 aromatic heterocycles. The van der Waals surface area contributed by atoms with Gasteiger partial charge in [-0.05, 0) is 38.0 Å². The molecule has 3 N–H and O–H groups in total. The highest BCUT2D eigenvalue weighted by Crippen LogP contribution is 2.39. The van der Waals surface area contributed by atoms with Crippen LogP contribution >= 0.6 is 35.3 Å². The van der Waals surface area contributed by atoms with Gasteiger partial charge in [-0.15, -0.1) is 35.3 Å². The lowest BCUT2D eigenvalue weighted by Gasteiger charge is -2.35. The lowest BCUT2D eigenvalue weighted by molar-refractivity contribution is 0.137. The van der Waals surface area contributed by atoms with Crippen LogP contribution in [0.3, 0.4) is 0 Å². The van der Waals surface area contributed by atoms with E-state index in [-0.39, 0.29) is 36.0 Å². The van der Waals surface area contributed by atoms with E-state index in [0.717, 1.165) is 50.6 Å². The third kappa shape index (κ3) is 7.68. The Morgan fingerprint density at radius 3 is 2.65 bits per heavy atom. The zero-order valence-corrected chi connectivity index (χ0v) is 19.4. The van der Waals surface area contributed by atoms with Crippen molar-refractivity contribution >= 4 is 41.3 Å². The Bertz CT molecular complexity index is 524. The number of guanidine groups is 1. The lowest BCUT2D eigenvalue weighted by Crippen LogP contribution is -2.40. The van der Waals surface area contributed by atoms with E-state index in [1.165, 1.54) is 37.1 Å². The molecular weight excluding hydrogens is 459 g/mol. The smallest absolute Gasteiger partial charge is 0.191 e. The third-order valence-electron chi connectivity index (χ3n) is 5.05. The molecule has 0 aliphatic heterocycles. The Kier molecular flexibility index (Phi) is 11.7. The average molecular weight is 494 g/mol. The Hall–Kier alpha value is -0.410. The highest BCUT2D eigenvalue weighted by molar-refractivity contribution is 14.0. The van der Waals surface area contributed by atoms with Crippen LogP contribution in [0.15, 0.2) is 10.4 Å². The van der Waals surface area contributed by atoms with Crippen LogP contribution in [-0.4, -0.2) is 42.3 Å². The number of rotatable bonds is 9. The maximum absolute atomic E-state index is 9.46. The second-order valence-electron chi connectivity index (χ2n) is 6.99. The zero-order valence-electron chi connectivity index (χ0n) is 16.2. The molecule has 1 aliphatic carbocycles. The molecule has 26 heavy (non-hydrogen) atoms. The number of aliphatic hydroxyl groups excluding tert-OH is 1. The van der Waals surface area contributed by atoms with Gasteiger partial charge in [-0.2, -0.15) is 0 Å². The third-order valence-corrected chi connectivity index (χ3v) is 6.09. The molecule has 0 aromatic carbocycles. The molecule has 1 fully saturated rings. The minimum Gasteiger partial charge on any atom is -0.396 e. The van der Waals surface area contributed by atoms with Crippen LogP contribution in [-0.2, 0) is 12.8 Å². The Morgan fingerprint density at radius 2 is 2.04 bits per heavy atom. The molecule has 1 aromatic rings. The molecule has 0 spiro atoms. The van der Waals surface area contributed by atoms with Gasteiger partial charge in [0, 0.05) is 38.0 Å². The molecule has 5 nitrogen and oxygen atoms in total. The fourth-order valence-corrected chi connectivity index (χ4v) is 4.33. The Balaban J connectivity index is 0.00000338. The number of aromatic nitrogens is 1. The van der Waals surface area contributed by atoms with Crippen molar-refractivity contribution in [3.05, 3.63) is 16.1 Å². The van der Waals surface area contributed by atoms with Crippen molar-refractivity contribution in [1.29, 1.82) is 0 Å². The van der Waals surface area contributed by atoms with Gasteiger partial charge in [0.2, 0.25) is 0 Å². The van der Waals surface area contributed by atoms with Gasteiger partial charge < -0.3 is 15.7 Å². The van der Waals surface area contributed by atoms with Crippen LogP contribution in [0.5, 0.6) is 0 Å². The number of nitrogens with one attached hydrogen (secondary N) is 2. The molecule has 7 heteroatoms. The van der Waals surface area contributed by atoms with Crippen LogP contribution in [0.4, 0.5) is 0 Å². The SMILES string of the molecule is CCNC(=NCC1(CCO)CCCCC1)NCCc1csc(CC)n1.I. The predicted molar refractivity (Wildman–Crippen MR) is 122 cm³/mol. The second kappa shape index (κ2) is 12.9. The molecule has 0 atom stereocenters. The minimum absolute atomic E-state index is 0. The predicted octanol–water partition coefficient (Wildman–Crippen LogP) is 3.75. The highest BCUT2D eigenvalue weighted by Gasteiger charge is 2.31. The number of nitrogens with zero attached hydrogens (tertiary/aromatic N) is 2. The number of halogens is 1. The number of aliphatic hydroxyl groups is 1. The molecule has 0 bridgehead atoms. The highest BCUT2D eigenvalue weighted by atomic mass is 127. The first kappa shape index (κ1) is 23.6. The van der Waals surface area contributed by atoms with Crippen molar-refractivity contribution in [1.82, 2.24) is 15.6 Å². The zero-order chi connectivity index (χ0) is 18.0. The van der Waals surface area contributed by atoms with E-state index in [2.05, 4.69) is 34.8 Å². The largest absolute Gasteiger partial charge is 0.396 e. The number of hydrogen-bond acceptors (Lipinski definition) is 4. The van der Waals surface area contributed by atoms with Crippen LogP contribution in [0.25, 0.3) is 0 Å². The first-order valence-corrected chi connectivity index (χ1v) is 10.7. The van der Waals surface area contributed by atoms with Crippen LogP contribution < -0.4 is 10.6 Å². The fraction of sp³-hybridized carbons (Fsp3) is 0.789. The van der Waals surface area contributed by atoms with E-state index in [9.17, 15) is 5.11 Å². The first-order valence-electron chi connectivity index (χ1n) is 9.77. The van der Waals surface area contributed by atoms with Gasteiger partial charge in [0.1, 0.15) is 0 Å². The van der Waals surface area contributed by atoms with Crippen molar-refractivity contribution in [3.63, 3.8) is 0 Å². The summed E-state index contributed by atoms with van der Waals surface area (Å²) >= 11 is 1.74. The summed E-state index contributed by atoms with van der Waals surface area (Å²) in [7, 11) is 0. The Labute approximate surface area is 179 Å². The van der Waals surface area contributed by atoms with Gasteiger partial charge in [-0.1, -0.05) is 26.2 Å². The summed E-state index contributed by atoms with van der Waals surface area (Å²) in [6.07, 6.45) is 9.03. The lowest BCUT2D eigenvalue weighted by atomic mass is 9.72. The van der Waals surface area contributed by atoms with E-state index in [4.69, 9.17) is 4.99 Å². The number of thiazole rings is 1. The van der Waals surface area contributed by atoms with Crippen molar-refractivity contribution in [2.24, 2.45) is 10.4 Å². The molecule has 0 amide bonds.